The third kappa shape index (κ3) is 4.91. The molecule has 4 aromatic rings. The van der Waals surface area contributed by atoms with Crippen LogP contribution in [0.4, 0.5) is 5.69 Å². The SMILES string of the molecule is COc1cc(N(Cc2ccc3ccccc3c2)C(=O)CC(=O)c2ncccn2)ccc1C(=O)O. The Bertz CT molecular complexity index is 1370. The van der Waals surface area contributed by atoms with Crippen molar-refractivity contribution in [3.63, 3.8) is 0 Å². The molecule has 1 amide bonds. The van der Waals surface area contributed by atoms with Gasteiger partial charge in [0.1, 0.15) is 11.3 Å². The second-order valence-corrected chi connectivity index (χ2v) is 7.52. The van der Waals surface area contributed by atoms with Gasteiger partial charge in [0.15, 0.2) is 5.82 Å². The van der Waals surface area contributed by atoms with E-state index >= 15 is 0 Å². The Morgan fingerprint density at radius 1 is 0.912 bits per heavy atom. The van der Waals surface area contributed by atoms with Crippen LogP contribution in [0.5, 0.6) is 5.75 Å². The first-order valence-corrected chi connectivity index (χ1v) is 10.5. The van der Waals surface area contributed by atoms with Crippen molar-refractivity contribution in [2.75, 3.05) is 12.0 Å². The van der Waals surface area contributed by atoms with Crippen LogP contribution < -0.4 is 9.64 Å². The molecule has 8 nitrogen and oxygen atoms in total. The molecule has 0 radical (unpaired) electrons. The summed E-state index contributed by atoms with van der Waals surface area (Å²) in [6.45, 7) is 0.169. The van der Waals surface area contributed by atoms with Crippen LogP contribution in [0.2, 0.25) is 0 Å². The molecule has 0 aliphatic carbocycles. The van der Waals surface area contributed by atoms with Crippen LogP contribution in [0.3, 0.4) is 0 Å². The van der Waals surface area contributed by atoms with E-state index in [1.54, 1.807) is 6.07 Å². The molecule has 0 fully saturated rings. The largest absolute Gasteiger partial charge is 0.496 e. The van der Waals surface area contributed by atoms with Crippen LogP contribution in [0, 0.1) is 0 Å². The number of Topliss-reactive ketones (excluding diaryl/α,β-unsaturated/α-hetero) is 1. The zero-order valence-corrected chi connectivity index (χ0v) is 18.3. The number of nitrogens with zero attached hydrogens (tertiary/aromatic N) is 3. The Hall–Kier alpha value is -4.59. The Balaban J connectivity index is 1.69. The molecular weight excluding hydrogens is 434 g/mol. The summed E-state index contributed by atoms with van der Waals surface area (Å²) in [6, 6.07) is 19.7. The highest BCUT2D eigenvalue weighted by Crippen LogP contribution is 2.28. The fraction of sp³-hybridized carbons (Fsp3) is 0.115. The van der Waals surface area contributed by atoms with Gasteiger partial charge in [-0.15, -0.1) is 0 Å². The number of fused-ring (bicyclic) bond motifs is 1. The highest BCUT2D eigenvalue weighted by molar-refractivity contribution is 6.10. The van der Waals surface area contributed by atoms with E-state index in [0.717, 1.165) is 16.3 Å². The number of ether oxygens (including phenoxy) is 1. The van der Waals surface area contributed by atoms with E-state index in [4.69, 9.17) is 4.74 Å². The Labute approximate surface area is 195 Å². The molecule has 0 aliphatic heterocycles. The highest BCUT2D eigenvalue weighted by atomic mass is 16.5. The number of aromatic nitrogens is 2. The van der Waals surface area contributed by atoms with Crippen molar-refractivity contribution in [2.45, 2.75) is 13.0 Å². The summed E-state index contributed by atoms with van der Waals surface area (Å²) in [7, 11) is 1.36. The van der Waals surface area contributed by atoms with Crippen LogP contribution in [0.15, 0.2) is 79.1 Å². The number of hydrogen-bond donors (Lipinski definition) is 1. The van der Waals surface area contributed by atoms with Gasteiger partial charge in [-0.05, 0) is 40.6 Å². The molecule has 1 N–H and O–H groups in total. The summed E-state index contributed by atoms with van der Waals surface area (Å²) in [5.41, 5.74) is 1.22. The number of anilines is 1. The topological polar surface area (TPSA) is 110 Å². The lowest BCUT2D eigenvalue weighted by molar-refractivity contribution is -0.117. The summed E-state index contributed by atoms with van der Waals surface area (Å²) < 4.78 is 5.23. The lowest BCUT2D eigenvalue weighted by atomic mass is 10.1. The van der Waals surface area contributed by atoms with Crippen molar-refractivity contribution < 1.29 is 24.2 Å². The van der Waals surface area contributed by atoms with Crippen LogP contribution in [0.1, 0.15) is 33.0 Å². The van der Waals surface area contributed by atoms with Gasteiger partial charge in [-0.1, -0.05) is 36.4 Å². The zero-order valence-electron chi connectivity index (χ0n) is 18.3. The van der Waals surface area contributed by atoms with Crippen LogP contribution >= 0.6 is 0 Å². The molecule has 1 heterocycles. The average molecular weight is 455 g/mol. The number of benzene rings is 3. The van der Waals surface area contributed by atoms with Gasteiger partial charge in [-0.3, -0.25) is 9.59 Å². The molecule has 0 bridgehead atoms. The van der Waals surface area contributed by atoms with Crippen molar-refractivity contribution in [1.82, 2.24) is 9.97 Å². The normalized spacial score (nSPS) is 10.6. The molecule has 8 heteroatoms. The number of carboxylic acids is 1. The number of aromatic carboxylic acids is 1. The van der Waals surface area contributed by atoms with Crippen molar-refractivity contribution in [3.8, 4) is 5.75 Å². The predicted molar refractivity (Wildman–Crippen MR) is 126 cm³/mol. The minimum atomic E-state index is -1.15. The second-order valence-electron chi connectivity index (χ2n) is 7.52. The Morgan fingerprint density at radius 2 is 1.65 bits per heavy atom. The third-order valence-electron chi connectivity index (χ3n) is 5.31. The van der Waals surface area contributed by atoms with Gasteiger partial charge < -0.3 is 14.7 Å². The minimum absolute atomic E-state index is 0.0295. The zero-order chi connectivity index (χ0) is 24.1. The number of carbonyl (C=O) groups excluding carboxylic acids is 2. The molecule has 170 valence electrons. The monoisotopic (exact) mass is 455 g/mol. The van der Waals surface area contributed by atoms with Crippen LogP contribution in [-0.4, -0.2) is 39.8 Å². The summed E-state index contributed by atoms with van der Waals surface area (Å²) in [5.74, 6) is -2.06. The quantitative estimate of drug-likeness (QED) is 0.314. The summed E-state index contributed by atoms with van der Waals surface area (Å²) >= 11 is 0. The van der Waals surface area contributed by atoms with Crippen molar-refractivity contribution in [3.05, 3.63) is 96.1 Å². The van der Waals surface area contributed by atoms with Gasteiger partial charge >= 0.3 is 5.97 Å². The standard InChI is InChI=1S/C26H21N3O5/c1-34-23-14-20(9-10-21(23)26(32)33)29(24(31)15-22(30)25-27-11-4-12-28-25)16-17-7-8-18-5-2-3-6-19(18)13-17/h2-14H,15-16H2,1H3,(H,32,33). The molecule has 0 saturated heterocycles. The second kappa shape index (κ2) is 9.91. The molecule has 0 aliphatic rings. The average Bonchev–Trinajstić information content (AvgIpc) is 2.87. The van der Waals surface area contributed by atoms with Gasteiger partial charge in [-0.2, -0.15) is 0 Å². The van der Waals surface area contributed by atoms with Gasteiger partial charge in [0.2, 0.25) is 11.7 Å². The molecule has 4 rings (SSSR count). The molecule has 3 aromatic carbocycles. The number of carbonyl (C=O) groups is 3. The molecule has 0 spiro atoms. The molecular formula is C26H21N3O5. The van der Waals surface area contributed by atoms with E-state index < -0.39 is 24.1 Å². The first-order valence-electron chi connectivity index (χ1n) is 10.5. The van der Waals surface area contributed by atoms with Gasteiger partial charge in [0.25, 0.3) is 0 Å². The van der Waals surface area contributed by atoms with Gasteiger partial charge in [0.05, 0.1) is 20.1 Å². The summed E-state index contributed by atoms with van der Waals surface area (Å²) in [4.78, 5) is 46.7. The molecule has 0 atom stereocenters. The Morgan fingerprint density at radius 3 is 2.35 bits per heavy atom. The van der Waals surface area contributed by atoms with Crippen LogP contribution in [0.25, 0.3) is 10.8 Å². The predicted octanol–water partition coefficient (Wildman–Crippen LogP) is 4.14. The number of carboxylic acid groups (broad SMARTS) is 1. The first-order chi connectivity index (χ1) is 16.5. The molecule has 0 saturated carbocycles. The number of ketones is 1. The lowest BCUT2D eigenvalue weighted by Crippen LogP contribution is -2.32. The minimum Gasteiger partial charge on any atom is -0.496 e. The number of rotatable bonds is 8. The molecule has 1 aromatic heterocycles. The van der Waals surface area contributed by atoms with Crippen molar-refractivity contribution in [2.24, 2.45) is 0 Å². The van der Waals surface area contributed by atoms with E-state index in [9.17, 15) is 19.5 Å². The fourth-order valence-corrected chi connectivity index (χ4v) is 3.62. The van der Waals surface area contributed by atoms with Crippen LogP contribution in [-0.2, 0) is 11.3 Å². The summed E-state index contributed by atoms with van der Waals surface area (Å²) in [6.07, 6.45) is 2.43. The third-order valence-corrected chi connectivity index (χ3v) is 5.31. The Kier molecular flexibility index (Phi) is 6.59. The molecule has 34 heavy (non-hydrogen) atoms. The maximum Gasteiger partial charge on any atom is 0.339 e. The molecule has 0 unspecified atom stereocenters. The highest BCUT2D eigenvalue weighted by Gasteiger charge is 2.23. The van der Waals surface area contributed by atoms with E-state index in [1.807, 2.05) is 42.5 Å². The number of hydrogen-bond acceptors (Lipinski definition) is 6. The van der Waals surface area contributed by atoms with E-state index in [0.29, 0.717) is 5.69 Å². The lowest BCUT2D eigenvalue weighted by Gasteiger charge is -2.24. The maximum atomic E-state index is 13.3. The van der Waals surface area contributed by atoms with Gasteiger partial charge in [0, 0.05) is 24.1 Å². The van der Waals surface area contributed by atoms with Crippen molar-refractivity contribution >= 4 is 34.1 Å². The number of methoxy groups -OCH3 is 1. The first kappa shape index (κ1) is 22.6. The smallest absolute Gasteiger partial charge is 0.339 e. The van der Waals surface area contributed by atoms with Gasteiger partial charge in [-0.25, -0.2) is 14.8 Å². The van der Waals surface area contributed by atoms with E-state index in [-0.39, 0.29) is 23.7 Å². The number of amides is 1. The fourth-order valence-electron chi connectivity index (χ4n) is 3.62. The maximum absolute atomic E-state index is 13.3. The van der Waals surface area contributed by atoms with Crippen molar-refractivity contribution in [1.29, 1.82) is 0 Å². The van der Waals surface area contributed by atoms with E-state index in [2.05, 4.69) is 9.97 Å². The summed E-state index contributed by atoms with van der Waals surface area (Å²) in [5, 5.41) is 11.5. The van der Waals surface area contributed by atoms with E-state index in [1.165, 1.54) is 42.6 Å².